The quantitative estimate of drug-likeness (QED) is 0.786. The van der Waals surface area contributed by atoms with Crippen LogP contribution in [0.3, 0.4) is 0 Å². The minimum atomic E-state index is -1.02. The minimum Gasteiger partial charge on any atom is -0.340 e. The number of amides is 1. The molecular formula is C15H14ClF2N3O2. The molecule has 1 aromatic heterocycles. The maximum atomic E-state index is 14.0. The molecule has 122 valence electrons. The summed E-state index contributed by atoms with van der Waals surface area (Å²) in [6.45, 7) is 2.59. The highest BCUT2D eigenvalue weighted by Crippen LogP contribution is 2.28. The molecule has 1 aromatic carbocycles. The predicted octanol–water partition coefficient (Wildman–Crippen LogP) is 3.33. The molecule has 23 heavy (non-hydrogen) atoms. The van der Waals surface area contributed by atoms with Crippen molar-refractivity contribution in [1.29, 1.82) is 0 Å². The number of aryl methyl sites for hydroxylation is 1. The minimum absolute atomic E-state index is 0.109. The van der Waals surface area contributed by atoms with E-state index in [1.807, 2.05) is 0 Å². The Balaban J connectivity index is 1.70. The Hall–Kier alpha value is -2.02. The highest BCUT2D eigenvalue weighted by molar-refractivity contribution is 6.31. The summed E-state index contributed by atoms with van der Waals surface area (Å²) in [6.07, 6.45) is 1.31. The molecule has 0 atom stereocenters. The maximum Gasteiger partial charge on any atom is 0.256 e. The number of halogens is 3. The Morgan fingerprint density at radius 1 is 1.35 bits per heavy atom. The Kier molecular flexibility index (Phi) is 4.30. The van der Waals surface area contributed by atoms with Crippen LogP contribution in [0.4, 0.5) is 8.78 Å². The lowest BCUT2D eigenvalue weighted by Gasteiger charge is -2.30. The van der Waals surface area contributed by atoms with Crippen LogP contribution in [-0.2, 0) is 0 Å². The predicted molar refractivity (Wildman–Crippen MR) is 78.3 cm³/mol. The Morgan fingerprint density at radius 3 is 2.65 bits per heavy atom. The molecule has 0 unspecified atom stereocenters. The molecule has 0 radical (unpaired) electrons. The third kappa shape index (κ3) is 3.06. The third-order valence-electron chi connectivity index (χ3n) is 3.96. The van der Waals surface area contributed by atoms with Crippen LogP contribution in [0.5, 0.6) is 0 Å². The summed E-state index contributed by atoms with van der Waals surface area (Å²) in [5, 5.41) is 3.23. The molecule has 1 aliphatic rings. The summed E-state index contributed by atoms with van der Waals surface area (Å²) in [5.41, 5.74) is -0.217. The SMILES string of the molecule is Cc1nc(C2CCN(C(=O)c3ccc(F)c(Cl)c3F)CC2)no1. The molecule has 5 nitrogen and oxygen atoms in total. The van der Waals surface area contributed by atoms with Gasteiger partial charge in [-0.25, -0.2) is 8.78 Å². The Bertz CT molecular complexity index is 742. The van der Waals surface area contributed by atoms with Gasteiger partial charge in [-0.3, -0.25) is 4.79 Å². The number of aromatic nitrogens is 2. The molecule has 0 spiro atoms. The maximum absolute atomic E-state index is 14.0. The first-order valence-electron chi connectivity index (χ1n) is 7.20. The second kappa shape index (κ2) is 6.23. The van der Waals surface area contributed by atoms with Crippen LogP contribution in [0.15, 0.2) is 16.7 Å². The van der Waals surface area contributed by atoms with Crippen LogP contribution in [0.2, 0.25) is 5.02 Å². The zero-order valence-electron chi connectivity index (χ0n) is 12.4. The van der Waals surface area contributed by atoms with Gasteiger partial charge in [0.1, 0.15) is 10.8 Å². The van der Waals surface area contributed by atoms with E-state index in [1.165, 1.54) is 4.90 Å². The van der Waals surface area contributed by atoms with Crippen molar-refractivity contribution >= 4 is 17.5 Å². The van der Waals surface area contributed by atoms with E-state index >= 15 is 0 Å². The van der Waals surface area contributed by atoms with Gasteiger partial charge >= 0.3 is 0 Å². The van der Waals surface area contributed by atoms with E-state index in [2.05, 4.69) is 10.1 Å². The van der Waals surface area contributed by atoms with Crippen LogP contribution < -0.4 is 0 Å². The van der Waals surface area contributed by atoms with E-state index in [-0.39, 0.29) is 11.5 Å². The van der Waals surface area contributed by atoms with Gasteiger partial charge in [0, 0.05) is 25.9 Å². The first-order chi connectivity index (χ1) is 11.0. The Morgan fingerprint density at radius 2 is 2.04 bits per heavy atom. The number of likely N-dealkylation sites (tertiary alicyclic amines) is 1. The molecule has 1 aliphatic heterocycles. The molecule has 0 saturated carbocycles. The van der Waals surface area contributed by atoms with Crippen molar-refractivity contribution in [3.05, 3.63) is 46.1 Å². The van der Waals surface area contributed by atoms with Gasteiger partial charge < -0.3 is 9.42 Å². The monoisotopic (exact) mass is 341 g/mol. The molecule has 0 N–H and O–H groups in total. The molecule has 3 rings (SSSR count). The fraction of sp³-hybridized carbons (Fsp3) is 0.400. The number of carbonyl (C=O) groups excluding carboxylic acids is 1. The van der Waals surface area contributed by atoms with E-state index in [0.29, 0.717) is 37.6 Å². The second-order valence-corrected chi connectivity index (χ2v) is 5.84. The number of hydrogen-bond acceptors (Lipinski definition) is 4. The van der Waals surface area contributed by atoms with Crippen molar-refractivity contribution in [2.24, 2.45) is 0 Å². The van der Waals surface area contributed by atoms with Crippen molar-refractivity contribution in [2.45, 2.75) is 25.7 Å². The summed E-state index contributed by atoms with van der Waals surface area (Å²) < 4.78 is 32.1. The smallest absolute Gasteiger partial charge is 0.256 e. The molecule has 2 heterocycles. The number of piperidine rings is 1. The average Bonchev–Trinajstić information content (AvgIpc) is 2.99. The fourth-order valence-electron chi connectivity index (χ4n) is 2.68. The molecule has 1 amide bonds. The van der Waals surface area contributed by atoms with Gasteiger partial charge in [-0.2, -0.15) is 4.98 Å². The standard InChI is InChI=1S/C15H14ClF2N3O2/c1-8-19-14(20-23-8)9-4-6-21(7-5-9)15(22)10-2-3-11(17)12(16)13(10)18/h2-3,9H,4-7H2,1H3. The van der Waals surface area contributed by atoms with Gasteiger partial charge in [0.05, 0.1) is 5.56 Å². The van der Waals surface area contributed by atoms with Gasteiger partial charge in [0.25, 0.3) is 5.91 Å². The van der Waals surface area contributed by atoms with E-state index < -0.39 is 22.6 Å². The summed E-state index contributed by atoms with van der Waals surface area (Å²) in [4.78, 5) is 18.1. The first-order valence-corrected chi connectivity index (χ1v) is 7.58. The lowest BCUT2D eigenvalue weighted by molar-refractivity contribution is 0.0706. The van der Waals surface area contributed by atoms with E-state index in [0.717, 1.165) is 12.1 Å². The zero-order chi connectivity index (χ0) is 16.6. The van der Waals surface area contributed by atoms with E-state index in [1.54, 1.807) is 6.92 Å². The Labute approximate surface area is 136 Å². The van der Waals surface area contributed by atoms with Crippen LogP contribution in [0, 0.1) is 18.6 Å². The van der Waals surface area contributed by atoms with Gasteiger partial charge in [-0.15, -0.1) is 0 Å². The van der Waals surface area contributed by atoms with Crippen LogP contribution in [0.25, 0.3) is 0 Å². The van der Waals surface area contributed by atoms with Gasteiger partial charge in [-0.05, 0) is 25.0 Å². The number of benzene rings is 1. The van der Waals surface area contributed by atoms with E-state index in [4.69, 9.17) is 16.1 Å². The molecule has 0 bridgehead atoms. The van der Waals surface area contributed by atoms with Gasteiger partial charge in [0.2, 0.25) is 5.89 Å². The van der Waals surface area contributed by atoms with Crippen molar-refractivity contribution in [1.82, 2.24) is 15.0 Å². The number of nitrogens with zero attached hydrogens (tertiary/aromatic N) is 3. The molecule has 0 aliphatic carbocycles. The van der Waals surface area contributed by atoms with Gasteiger partial charge in [0.15, 0.2) is 11.6 Å². The van der Waals surface area contributed by atoms with Crippen LogP contribution in [0.1, 0.15) is 40.8 Å². The number of hydrogen-bond donors (Lipinski definition) is 0. The fourth-order valence-corrected chi connectivity index (χ4v) is 2.85. The first kappa shape index (κ1) is 15.9. The van der Waals surface area contributed by atoms with Crippen molar-refractivity contribution < 1.29 is 18.1 Å². The number of rotatable bonds is 2. The summed E-state index contributed by atoms with van der Waals surface area (Å²) in [6, 6.07) is 2.11. The zero-order valence-corrected chi connectivity index (χ0v) is 13.1. The average molecular weight is 342 g/mol. The normalized spacial score (nSPS) is 15.9. The summed E-state index contributed by atoms with van der Waals surface area (Å²) >= 11 is 5.52. The van der Waals surface area contributed by atoms with Crippen molar-refractivity contribution in [3.63, 3.8) is 0 Å². The summed E-state index contributed by atoms with van der Waals surface area (Å²) in [5.74, 6) is -1.16. The summed E-state index contributed by atoms with van der Waals surface area (Å²) in [7, 11) is 0. The third-order valence-corrected chi connectivity index (χ3v) is 4.30. The molecule has 1 fully saturated rings. The van der Waals surface area contributed by atoms with E-state index in [9.17, 15) is 13.6 Å². The second-order valence-electron chi connectivity index (χ2n) is 5.46. The van der Waals surface area contributed by atoms with Crippen LogP contribution in [-0.4, -0.2) is 34.0 Å². The molecule has 1 saturated heterocycles. The largest absolute Gasteiger partial charge is 0.340 e. The van der Waals surface area contributed by atoms with Crippen LogP contribution >= 0.6 is 11.6 Å². The highest BCUT2D eigenvalue weighted by atomic mass is 35.5. The molecule has 2 aromatic rings. The van der Waals surface area contributed by atoms with Crippen molar-refractivity contribution in [2.75, 3.05) is 13.1 Å². The molecule has 8 heteroatoms. The van der Waals surface area contributed by atoms with Crippen molar-refractivity contribution in [3.8, 4) is 0 Å². The lowest BCUT2D eigenvalue weighted by Crippen LogP contribution is -2.38. The topological polar surface area (TPSA) is 59.2 Å². The van der Waals surface area contributed by atoms with Gasteiger partial charge in [-0.1, -0.05) is 16.8 Å². The number of carbonyl (C=O) groups is 1. The molecular weight excluding hydrogens is 328 g/mol. The lowest BCUT2D eigenvalue weighted by atomic mass is 9.95. The highest BCUT2D eigenvalue weighted by Gasteiger charge is 2.29.